The molecular formula is C24H25F2N5O. The molecule has 0 atom stereocenters. The lowest BCUT2D eigenvalue weighted by Crippen LogP contribution is -2.43. The predicted molar refractivity (Wildman–Crippen MR) is 120 cm³/mol. The Morgan fingerprint density at radius 3 is 2.66 bits per heavy atom. The highest BCUT2D eigenvalue weighted by Crippen LogP contribution is 2.31. The van der Waals surface area contributed by atoms with Gasteiger partial charge in [-0.3, -0.25) is 14.8 Å². The number of piperazine rings is 1. The van der Waals surface area contributed by atoms with Gasteiger partial charge in [0.1, 0.15) is 5.69 Å². The minimum atomic E-state index is -2.65. The van der Waals surface area contributed by atoms with Crippen molar-refractivity contribution in [2.75, 3.05) is 31.1 Å². The summed E-state index contributed by atoms with van der Waals surface area (Å²) in [5.41, 5.74) is 5.29. The van der Waals surface area contributed by atoms with Gasteiger partial charge in [-0.1, -0.05) is 18.2 Å². The fourth-order valence-corrected chi connectivity index (χ4v) is 3.80. The minimum absolute atomic E-state index is 0.251. The van der Waals surface area contributed by atoms with E-state index in [0.717, 1.165) is 54.1 Å². The summed E-state index contributed by atoms with van der Waals surface area (Å²) < 4.78 is 25.3. The van der Waals surface area contributed by atoms with Crippen LogP contribution in [0.1, 0.15) is 33.6 Å². The number of pyridine rings is 2. The third-order valence-electron chi connectivity index (χ3n) is 5.62. The molecule has 3 aromatic rings. The fraction of sp³-hybridized carbons (Fsp3) is 0.292. The first-order valence-corrected chi connectivity index (χ1v) is 10.5. The number of halogens is 2. The molecule has 32 heavy (non-hydrogen) atoms. The van der Waals surface area contributed by atoms with Crippen molar-refractivity contribution >= 4 is 11.6 Å². The van der Waals surface area contributed by atoms with Gasteiger partial charge in [-0.05, 0) is 41.8 Å². The Morgan fingerprint density at radius 1 is 1.16 bits per heavy atom. The van der Waals surface area contributed by atoms with Crippen molar-refractivity contribution in [3.8, 4) is 11.1 Å². The normalized spacial score (nSPS) is 13.9. The number of nitrogens with zero attached hydrogens (tertiary/aromatic N) is 3. The van der Waals surface area contributed by atoms with Crippen LogP contribution in [0.15, 0.2) is 55.0 Å². The number of carbonyl (C=O) groups is 1. The standard InChI is InChI=1S/C24H25F2N5O/c1-16-12-17(20-6-7-28-15-22(20)31-10-8-27-9-11-31)2-3-18(16)13-30-24(32)19-4-5-21(23(25)26)29-14-19/h2-7,12,14-15,23,27H,8-11,13H2,1H3,(H,30,32). The molecule has 0 aliphatic carbocycles. The van der Waals surface area contributed by atoms with Crippen LogP contribution in [0, 0.1) is 6.92 Å². The van der Waals surface area contributed by atoms with E-state index in [1.54, 1.807) is 6.20 Å². The number of anilines is 1. The molecule has 0 saturated carbocycles. The molecule has 4 rings (SSSR count). The van der Waals surface area contributed by atoms with Crippen molar-refractivity contribution in [3.05, 3.63) is 77.4 Å². The van der Waals surface area contributed by atoms with Crippen molar-refractivity contribution in [1.82, 2.24) is 20.6 Å². The van der Waals surface area contributed by atoms with Crippen LogP contribution in [0.5, 0.6) is 0 Å². The maximum Gasteiger partial charge on any atom is 0.280 e. The third kappa shape index (κ3) is 4.91. The Bertz CT molecular complexity index is 1080. The molecule has 0 radical (unpaired) electrons. The smallest absolute Gasteiger partial charge is 0.280 e. The first-order chi connectivity index (χ1) is 15.5. The van der Waals surface area contributed by atoms with E-state index in [2.05, 4.69) is 37.6 Å². The molecule has 0 spiro atoms. The van der Waals surface area contributed by atoms with Crippen LogP contribution in [-0.2, 0) is 6.54 Å². The molecule has 6 nitrogen and oxygen atoms in total. The largest absolute Gasteiger partial charge is 0.367 e. The second kappa shape index (κ2) is 9.82. The number of hydrogen-bond donors (Lipinski definition) is 2. The molecule has 1 aliphatic heterocycles. The number of benzene rings is 1. The monoisotopic (exact) mass is 437 g/mol. The van der Waals surface area contributed by atoms with Gasteiger partial charge in [0, 0.05) is 50.7 Å². The summed E-state index contributed by atoms with van der Waals surface area (Å²) in [5.74, 6) is -0.350. The van der Waals surface area contributed by atoms with E-state index in [-0.39, 0.29) is 17.2 Å². The molecule has 1 saturated heterocycles. The first kappa shape index (κ1) is 21.8. The molecule has 1 amide bonds. The summed E-state index contributed by atoms with van der Waals surface area (Å²) in [4.78, 5) is 22.7. The molecule has 8 heteroatoms. The average Bonchev–Trinajstić information content (AvgIpc) is 2.83. The summed E-state index contributed by atoms with van der Waals surface area (Å²) in [7, 11) is 0. The fourth-order valence-electron chi connectivity index (χ4n) is 3.80. The summed E-state index contributed by atoms with van der Waals surface area (Å²) >= 11 is 0. The van der Waals surface area contributed by atoms with Gasteiger partial charge in [-0.15, -0.1) is 0 Å². The van der Waals surface area contributed by atoms with Crippen molar-refractivity contribution in [2.45, 2.75) is 19.9 Å². The number of hydrogen-bond acceptors (Lipinski definition) is 5. The first-order valence-electron chi connectivity index (χ1n) is 10.5. The van der Waals surface area contributed by atoms with E-state index in [1.165, 1.54) is 18.3 Å². The average molecular weight is 437 g/mol. The molecule has 3 heterocycles. The van der Waals surface area contributed by atoms with Crippen LogP contribution >= 0.6 is 0 Å². The van der Waals surface area contributed by atoms with E-state index < -0.39 is 6.43 Å². The van der Waals surface area contributed by atoms with Crippen LogP contribution in [0.3, 0.4) is 0 Å². The van der Waals surface area contributed by atoms with Gasteiger partial charge in [0.15, 0.2) is 0 Å². The van der Waals surface area contributed by atoms with Crippen molar-refractivity contribution < 1.29 is 13.6 Å². The Labute approximate surface area is 185 Å². The van der Waals surface area contributed by atoms with Crippen LogP contribution in [0.2, 0.25) is 0 Å². The third-order valence-corrected chi connectivity index (χ3v) is 5.62. The maximum atomic E-state index is 12.6. The van der Waals surface area contributed by atoms with Crippen molar-refractivity contribution in [3.63, 3.8) is 0 Å². The summed E-state index contributed by atoms with van der Waals surface area (Å²) in [6, 6.07) is 10.7. The van der Waals surface area contributed by atoms with Gasteiger partial charge in [0.05, 0.1) is 17.4 Å². The van der Waals surface area contributed by atoms with Crippen molar-refractivity contribution in [2.24, 2.45) is 0 Å². The highest BCUT2D eigenvalue weighted by molar-refractivity contribution is 5.93. The molecule has 0 bridgehead atoms. The Kier molecular flexibility index (Phi) is 6.70. The number of aryl methyl sites for hydroxylation is 1. The topological polar surface area (TPSA) is 70.2 Å². The Hall–Kier alpha value is -3.39. The predicted octanol–water partition coefficient (Wildman–Crippen LogP) is 3.73. The maximum absolute atomic E-state index is 12.6. The lowest BCUT2D eigenvalue weighted by molar-refractivity contribution is 0.0949. The van der Waals surface area contributed by atoms with Crippen LogP contribution < -0.4 is 15.5 Å². The lowest BCUT2D eigenvalue weighted by atomic mass is 9.99. The number of alkyl halides is 2. The highest BCUT2D eigenvalue weighted by atomic mass is 19.3. The van der Waals surface area contributed by atoms with E-state index in [1.807, 2.05) is 25.3 Å². The van der Waals surface area contributed by atoms with E-state index in [4.69, 9.17) is 0 Å². The lowest BCUT2D eigenvalue weighted by Gasteiger charge is -2.31. The van der Waals surface area contributed by atoms with Gasteiger partial charge in [-0.25, -0.2) is 8.78 Å². The van der Waals surface area contributed by atoms with Gasteiger partial charge in [0.2, 0.25) is 0 Å². The number of aromatic nitrogens is 2. The number of carbonyl (C=O) groups excluding carboxylic acids is 1. The van der Waals surface area contributed by atoms with Gasteiger partial charge in [-0.2, -0.15) is 0 Å². The molecule has 2 aromatic heterocycles. The second-order valence-corrected chi connectivity index (χ2v) is 7.73. The number of amides is 1. The second-order valence-electron chi connectivity index (χ2n) is 7.73. The number of rotatable bonds is 6. The molecular weight excluding hydrogens is 412 g/mol. The van der Waals surface area contributed by atoms with Crippen LogP contribution in [0.25, 0.3) is 11.1 Å². The molecule has 1 aliphatic rings. The summed E-state index contributed by atoms with van der Waals surface area (Å²) in [6.45, 7) is 6.13. The quantitative estimate of drug-likeness (QED) is 0.615. The summed E-state index contributed by atoms with van der Waals surface area (Å²) in [5, 5.41) is 6.20. The van der Waals surface area contributed by atoms with Crippen LogP contribution in [0.4, 0.5) is 14.5 Å². The van der Waals surface area contributed by atoms with Gasteiger partial charge >= 0.3 is 0 Å². The Morgan fingerprint density at radius 2 is 1.97 bits per heavy atom. The molecule has 0 unspecified atom stereocenters. The zero-order valence-corrected chi connectivity index (χ0v) is 17.8. The van der Waals surface area contributed by atoms with Crippen molar-refractivity contribution in [1.29, 1.82) is 0 Å². The highest BCUT2D eigenvalue weighted by Gasteiger charge is 2.16. The van der Waals surface area contributed by atoms with Gasteiger partial charge in [0.25, 0.3) is 12.3 Å². The van der Waals surface area contributed by atoms with E-state index in [0.29, 0.717) is 6.54 Å². The number of nitrogens with one attached hydrogen (secondary N) is 2. The Balaban J connectivity index is 1.47. The molecule has 166 valence electrons. The molecule has 1 fully saturated rings. The molecule has 2 N–H and O–H groups in total. The SMILES string of the molecule is Cc1cc(-c2ccncc2N2CCNCC2)ccc1CNC(=O)c1ccc(C(F)F)nc1. The van der Waals surface area contributed by atoms with E-state index >= 15 is 0 Å². The zero-order valence-electron chi connectivity index (χ0n) is 17.8. The summed E-state index contributed by atoms with van der Waals surface area (Å²) in [6.07, 6.45) is 2.24. The van der Waals surface area contributed by atoms with E-state index in [9.17, 15) is 13.6 Å². The zero-order chi connectivity index (χ0) is 22.5. The van der Waals surface area contributed by atoms with Crippen LogP contribution in [-0.4, -0.2) is 42.1 Å². The molecule has 1 aromatic carbocycles. The van der Waals surface area contributed by atoms with Gasteiger partial charge < -0.3 is 15.5 Å². The minimum Gasteiger partial charge on any atom is -0.367 e.